The van der Waals surface area contributed by atoms with Gasteiger partial charge >= 0.3 is 0 Å². The number of halogens is 1. The first-order chi connectivity index (χ1) is 8.05. The molecule has 0 aromatic carbocycles. The van der Waals surface area contributed by atoms with Crippen molar-refractivity contribution in [3.05, 3.63) is 0 Å². The highest BCUT2D eigenvalue weighted by atomic mass is 127. The highest BCUT2D eigenvalue weighted by molar-refractivity contribution is 14.1. The van der Waals surface area contributed by atoms with Crippen LogP contribution in [-0.2, 0) is 4.79 Å². The second kappa shape index (κ2) is 4.10. The molecule has 4 bridgehead atoms. The van der Waals surface area contributed by atoms with Crippen molar-refractivity contribution in [3.63, 3.8) is 0 Å². The number of hydrogen-bond acceptors (Lipinski definition) is 1. The van der Waals surface area contributed by atoms with E-state index in [2.05, 4.69) is 34.8 Å². The van der Waals surface area contributed by atoms with E-state index in [1.54, 1.807) is 0 Å². The average molecular weight is 347 g/mol. The largest absolute Gasteiger partial charge is 0.355 e. The molecule has 0 aliphatic heterocycles. The molecule has 0 saturated heterocycles. The lowest BCUT2D eigenvalue weighted by Crippen LogP contribution is -2.56. The summed E-state index contributed by atoms with van der Waals surface area (Å²) < 4.78 is 1.02. The number of amides is 1. The number of rotatable bonds is 3. The maximum atomic E-state index is 12.5. The van der Waals surface area contributed by atoms with E-state index in [4.69, 9.17) is 0 Å². The molecule has 4 fully saturated rings. The number of nitrogens with one attached hydrogen (secondary N) is 1. The number of carbonyl (C=O) groups is 1. The van der Waals surface area contributed by atoms with Gasteiger partial charge in [-0.1, -0.05) is 29.5 Å². The van der Waals surface area contributed by atoms with E-state index >= 15 is 0 Å². The van der Waals surface area contributed by atoms with Crippen molar-refractivity contribution in [3.8, 4) is 0 Å². The zero-order chi connectivity index (χ0) is 12.1. The standard InChI is InChI=1S/C14H22INO/c1-13-5-10-4-11(6-13)8-14(7-10,9-13)12(17)16-3-2-15/h10-11H,2-9H2,1H3,(H,16,17). The Labute approximate surface area is 117 Å². The summed E-state index contributed by atoms with van der Waals surface area (Å²) in [4.78, 5) is 12.5. The van der Waals surface area contributed by atoms with Crippen LogP contribution in [-0.4, -0.2) is 16.9 Å². The van der Waals surface area contributed by atoms with Crippen molar-refractivity contribution in [1.29, 1.82) is 0 Å². The summed E-state index contributed by atoms with van der Waals surface area (Å²) in [5.41, 5.74) is 0.496. The van der Waals surface area contributed by atoms with Crippen LogP contribution in [0, 0.1) is 22.7 Å². The first-order valence-electron chi connectivity index (χ1n) is 6.90. The summed E-state index contributed by atoms with van der Waals surface area (Å²) in [5.74, 6) is 2.05. The Morgan fingerprint density at radius 3 is 2.47 bits per heavy atom. The zero-order valence-electron chi connectivity index (χ0n) is 10.6. The molecule has 96 valence electrons. The molecule has 4 aliphatic carbocycles. The summed E-state index contributed by atoms with van der Waals surface area (Å²) in [6.45, 7) is 3.26. The van der Waals surface area contributed by atoms with Crippen molar-refractivity contribution in [2.45, 2.75) is 45.4 Å². The van der Waals surface area contributed by atoms with Crippen LogP contribution < -0.4 is 5.32 Å². The van der Waals surface area contributed by atoms with Gasteiger partial charge in [-0.15, -0.1) is 0 Å². The van der Waals surface area contributed by atoms with Crippen LogP contribution in [0.2, 0.25) is 0 Å². The lowest BCUT2D eigenvalue weighted by molar-refractivity contribution is -0.155. The normalized spacial score (nSPS) is 47.2. The molecule has 0 aromatic rings. The van der Waals surface area contributed by atoms with Crippen molar-refractivity contribution >= 4 is 28.5 Å². The summed E-state index contributed by atoms with van der Waals surface area (Å²) >= 11 is 2.33. The lowest BCUT2D eigenvalue weighted by atomic mass is 9.44. The molecule has 4 aliphatic rings. The highest BCUT2D eigenvalue weighted by Gasteiger charge is 2.58. The third kappa shape index (κ3) is 2.02. The van der Waals surface area contributed by atoms with Crippen LogP contribution in [0.5, 0.6) is 0 Å². The van der Waals surface area contributed by atoms with Gasteiger partial charge < -0.3 is 5.32 Å². The number of alkyl halides is 1. The number of hydrogen-bond donors (Lipinski definition) is 1. The molecule has 0 heterocycles. The van der Waals surface area contributed by atoms with E-state index in [1.165, 1.54) is 32.1 Å². The lowest BCUT2D eigenvalue weighted by Gasteiger charge is -2.60. The van der Waals surface area contributed by atoms with Crippen molar-refractivity contribution in [2.24, 2.45) is 22.7 Å². The first kappa shape index (κ1) is 12.2. The topological polar surface area (TPSA) is 29.1 Å². The molecule has 3 heteroatoms. The van der Waals surface area contributed by atoms with Crippen molar-refractivity contribution in [1.82, 2.24) is 5.32 Å². The third-order valence-corrected chi connectivity index (χ3v) is 5.75. The van der Waals surface area contributed by atoms with Crippen LogP contribution >= 0.6 is 22.6 Å². The van der Waals surface area contributed by atoms with Gasteiger partial charge in [0.05, 0.1) is 5.41 Å². The van der Waals surface area contributed by atoms with Crippen LogP contribution in [0.15, 0.2) is 0 Å². The summed E-state index contributed by atoms with van der Waals surface area (Å²) in [5, 5.41) is 3.16. The Balaban J connectivity index is 1.81. The van der Waals surface area contributed by atoms with E-state index in [0.29, 0.717) is 11.3 Å². The molecule has 0 radical (unpaired) electrons. The fourth-order valence-electron chi connectivity index (χ4n) is 5.33. The van der Waals surface area contributed by atoms with Crippen LogP contribution in [0.25, 0.3) is 0 Å². The van der Waals surface area contributed by atoms with Crippen LogP contribution in [0.3, 0.4) is 0 Å². The fourth-order valence-corrected chi connectivity index (χ4v) is 5.60. The monoisotopic (exact) mass is 347 g/mol. The predicted octanol–water partition coefficient (Wildman–Crippen LogP) is 3.14. The van der Waals surface area contributed by atoms with E-state index in [1.807, 2.05) is 0 Å². The molecule has 1 amide bonds. The second-order valence-corrected chi connectivity index (χ2v) is 8.08. The molecule has 4 saturated carbocycles. The van der Waals surface area contributed by atoms with E-state index in [-0.39, 0.29) is 5.41 Å². The Morgan fingerprint density at radius 1 is 1.29 bits per heavy atom. The number of carbonyl (C=O) groups excluding carboxylic acids is 1. The molecule has 0 spiro atoms. The van der Waals surface area contributed by atoms with E-state index in [0.717, 1.165) is 29.2 Å². The van der Waals surface area contributed by atoms with Gasteiger partial charge in [-0.05, 0) is 55.8 Å². The summed E-state index contributed by atoms with van der Waals surface area (Å²) in [6.07, 6.45) is 7.66. The molecule has 2 atom stereocenters. The van der Waals surface area contributed by atoms with Gasteiger partial charge in [0.25, 0.3) is 0 Å². The Morgan fingerprint density at radius 2 is 1.94 bits per heavy atom. The Bertz CT molecular complexity index is 327. The SMILES string of the molecule is CC12CC3CC(C1)CC(C(=O)NCCI)(C3)C2. The minimum absolute atomic E-state index is 0.0185. The van der Waals surface area contributed by atoms with Crippen LogP contribution in [0.1, 0.15) is 45.4 Å². The highest BCUT2D eigenvalue weighted by Crippen LogP contribution is 2.65. The van der Waals surface area contributed by atoms with Gasteiger partial charge in [0.1, 0.15) is 0 Å². The minimum Gasteiger partial charge on any atom is -0.355 e. The van der Waals surface area contributed by atoms with Gasteiger partial charge in [0.15, 0.2) is 0 Å². The Kier molecular flexibility index (Phi) is 2.96. The molecule has 4 rings (SSSR count). The predicted molar refractivity (Wildman–Crippen MR) is 77.1 cm³/mol. The Hall–Kier alpha value is 0.200. The molecule has 2 unspecified atom stereocenters. The molecule has 0 aromatic heterocycles. The molecule has 2 nitrogen and oxygen atoms in total. The van der Waals surface area contributed by atoms with E-state index < -0.39 is 0 Å². The van der Waals surface area contributed by atoms with Crippen molar-refractivity contribution in [2.75, 3.05) is 11.0 Å². The first-order valence-corrected chi connectivity index (χ1v) is 8.42. The maximum Gasteiger partial charge on any atom is 0.226 e. The zero-order valence-corrected chi connectivity index (χ0v) is 12.8. The van der Waals surface area contributed by atoms with Gasteiger partial charge in [0, 0.05) is 11.0 Å². The quantitative estimate of drug-likeness (QED) is 0.617. The van der Waals surface area contributed by atoms with Crippen molar-refractivity contribution < 1.29 is 4.79 Å². The second-order valence-electron chi connectivity index (χ2n) is 7.00. The molecule has 17 heavy (non-hydrogen) atoms. The van der Waals surface area contributed by atoms with Gasteiger partial charge in [-0.3, -0.25) is 4.79 Å². The van der Waals surface area contributed by atoms with Gasteiger partial charge in [-0.25, -0.2) is 0 Å². The maximum absolute atomic E-state index is 12.5. The summed E-state index contributed by atoms with van der Waals surface area (Å²) in [7, 11) is 0. The van der Waals surface area contributed by atoms with E-state index in [9.17, 15) is 4.79 Å². The van der Waals surface area contributed by atoms with Crippen LogP contribution in [0.4, 0.5) is 0 Å². The van der Waals surface area contributed by atoms with Gasteiger partial charge in [-0.2, -0.15) is 0 Å². The molecular formula is C14H22INO. The third-order valence-electron chi connectivity index (χ3n) is 5.22. The minimum atomic E-state index is 0.0185. The molecular weight excluding hydrogens is 325 g/mol. The fraction of sp³-hybridized carbons (Fsp3) is 0.929. The smallest absolute Gasteiger partial charge is 0.226 e. The van der Waals surface area contributed by atoms with Gasteiger partial charge in [0.2, 0.25) is 5.91 Å². The summed E-state index contributed by atoms with van der Waals surface area (Å²) in [6, 6.07) is 0. The average Bonchev–Trinajstić information content (AvgIpc) is 2.22. The molecule has 1 N–H and O–H groups in total.